The average molecular weight is 495 g/mol. The summed E-state index contributed by atoms with van der Waals surface area (Å²) in [5, 5.41) is 14.8. The Morgan fingerprint density at radius 3 is 2.68 bits per heavy atom. The van der Waals surface area contributed by atoms with Crippen molar-refractivity contribution in [3.63, 3.8) is 0 Å². The summed E-state index contributed by atoms with van der Waals surface area (Å²) in [6.07, 6.45) is 0. The molecule has 0 saturated carbocycles. The first-order chi connectivity index (χ1) is 16.3. The van der Waals surface area contributed by atoms with Crippen LogP contribution in [0.15, 0.2) is 70.6 Å². The van der Waals surface area contributed by atoms with E-state index in [0.717, 1.165) is 22.9 Å². The zero-order valence-corrected chi connectivity index (χ0v) is 19.8. The highest BCUT2D eigenvalue weighted by Gasteiger charge is 2.19. The van der Waals surface area contributed by atoms with Crippen molar-refractivity contribution < 1.29 is 9.72 Å². The molecule has 3 aromatic carbocycles. The van der Waals surface area contributed by atoms with Gasteiger partial charge < -0.3 is 5.32 Å². The monoisotopic (exact) mass is 494 g/mol. The van der Waals surface area contributed by atoms with Gasteiger partial charge in [-0.3, -0.25) is 24.3 Å². The quantitative estimate of drug-likeness (QED) is 0.169. The second-order valence-electron chi connectivity index (χ2n) is 7.53. The van der Waals surface area contributed by atoms with Crippen LogP contribution in [-0.4, -0.2) is 26.1 Å². The summed E-state index contributed by atoms with van der Waals surface area (Å²) in [5.74, 6) is -0.597. The fourth-order valence-corrected chi connectivity index (χ4v) is 4.45. The first kappa shape index (κ1) is 23.5. The van der Waals surface area contributed by atoms with Crippen LogP contribution in [0.4, 0.5) is 11.4 Å². The van der Waals surface area contributed by atoms with Gasteiger partial charge in [-0.1, -0.05) is 47.6 Å². The molecule has 1 heterocycles. The van der Waals surface area contributed by atoms with Crippen molar-refractivity contribution in [1.82, 2.24) is 9.55 Å². The van der Waals surface area contributed by atoms with Gasteiger partial charge in [0.05, 0.1) is 27.3 Å². The fraction of sp³-hybridized carbons (Fsp3) is 0.125. The molecule has 34 heavy (non-hydrogen) atoms. The lowest BCUT2D eigenvalue weighted by Gasteiger charge is -2.16. The maximum Gasteiger partial charge on any atom is 0.294 e. The van der Waals surface area contributed by atoms with E-state index in [-0.39, 0.29) is 27.7 Å². The highest BCUT2D eigenvalue weighted by Crippen LogP contribution is 2.29. The molecule has 0 aliphatic heterocycles. The van der Waals surface area contributed by atoms with Gasteiger partial charge in [0, 0.05) is 11.1 Å². The lowest BCUT2D eigenvalue weighted by molar-refractivity contribution is -0.383. The Hall–Kier alpha value is -3.69. The number of nitro groups is 1. The number of carbonyl (C=O) groups excluding carboxylic acids is 1. The number of fused-ring (bicyclic) bond motifs is 1. The number of nitrogens with zero attached hydrogens (tertiary/aromatic N) is 3. The summed E-state index contributed by atoms with van der Waals surface area (Å²) in [5.41, 5.74) is 2.63. The van der Waals surface area contributed by atoms with Crippen molar-refractivity contribution in [3.05, 3.63) is 97.3 Å². The van der Waals surface area contributed by atoms with Crippen LogP contribution in [0.2, 0.25) is 5.02 Å². The van der Waals surface area contributed by atoms with Gasteiger partial charge in [0.15, 0.2) is 5.16 Å². The summed E-state index contributed by atoms with van der Waals surface area (Å²) in [4.78, 5) is 41.4. The number of thioether (sulfide) groups is 1. The Morgan fingerprint density at radius 2 is 1.91 bits per heavy atom. The van der Waals surface area contributed by atoms with Gasteiger partial charge in [-0.25, -0.2) is 4.98 Å². The van der Waals surface area contributed by atoms with E-state index in [1.54, 1.807) is 24.3 Å². The van der Waals surface area contributed by atoms with Crippen LogP contribution in [0.1, 0.15) is 11.1 Å². The maximum absolute atomic E-state index is 13.4. The molecular formula is C24H19ClN4O4S. The van der Waals surface area contributed by atoms with E-state index in [0.29, 0.717) is 21.7 Å². The number of nitro benzene ring substituents is 1. The highest BCUT2D eigenvalue weighted by molar-refractivity contribution is 7.99. The van der Waals surface area contributed by atoms with Gasteiger partial charge in [0.25, 0.3) is 11.2 Å². The van der Waals surface area contributed by atoms with Crippen LogP contribution >= 0.6 is 23.4 Å². The average Bonchev–Trinajstić information content (AvgIpc) is 2.81. The van der Waals surface area contributed by atoms with E-state index >= 15 is 0 Å². The zero-order valence-electron chi connectivity index (χ0n) is 18.2. The molecule has 4 rings (SSSR count). The van der Waals surface area contributed by atoms with Gasteiger partial charge in [-0.2, -0.15) is 0 Å². The second-order valence-corrected chi connectivity index (χ2v) is 8.91. The number of anilines is 1. The Bertz CT molecular complexity index is 1500. The normalized spacial score (nSPS) is 10.9. The molecule has 0 radical (unpaired) electrons. The number of benzene rings is 3. The summed E-state index contributed by atoms with van der Waals surface area (Å²) in [7, 11) is 0. The van der Waals surface area contributed by atoms with E-state index in [1.165, 1.54) is 22.8 Å². The van der Waals surface area contributed by atoms with Gasteiger partial charge in [-0.05, 0) is 55.3 Å². The molecule has 1 aromatic heterocycles. The topological polar surface area (TPSA) is 107 Å². The number of carbonyl (C=O) groups is 1. The van der Waals surface area contributed by atoms with Crippen molar-refractivity contribution in [2.24, 2.45) is 0 Å². The molecule has 1 amide bonds. The minimum absolute atomic E-state index is 0.0402. The van der Waals surface area contributed by atoms with E-state index in [1.807, 2.05) is 32.0 Å². The molecule has 172 valence electrons. The molecule has 4 aromatic rings. The zero-order chi connectivity index (χ0) is 24.4. The first-order valence-corrected chi connectivity index (χ1v) is 11.6. The lowest BCUT2D eigenvalue weighted by atomic mass is 10.1. The van der Waals surface area contributed by atoms with Crippen molar-refractivity contribution in [3.8, 4) is 5.69 Å². The molecule has 0 fully saturated rings. The lowest BCUT2D eigenvalue weighted by Crippen LogP contribution is -2.23. The summed E-state index contributed by atoms with van der Waals surface area (Å²) in [6, 6.07) is 16.7. The molecule has 0 bridgehead atoms. The summed E-state index contributed by atoms with van der Waals surface area (Å²) < 4.78 is 1.51. The van der Waals surface area contributed by atoms with Crippen LogP contribution in [0.5, 0.6) is 0 Å². The summed E-state index contributed by atoms with van der Waals surface area (Å²) in [6.45, 7) is 3.88. The number of halogens is 1. The van der Waals surface area contributed by atoms with Crippen molar-refractivity contribution in [2.45, 2.75) is 19.0 Å². The predicted molar refractivity (Wildman–Crippen MR) is 134 cm³/mol. The Labute approximate surface area is 203 Å². The molecular weight excluding hydrogens is 476 g/mol. The molecule has 0 atom stereocenters. The molecule has 0 unspecified atom stereocenters. The third-order valence-corrected chi connectivity index (χ3v) is 6.50. The second kappa shape index (κ2) is 9.66. The Morgan fingerprint density at radius 1 is 1.15 bits per heavy atom. The minimum Gasteiger partial charge on any atom is -0.320 e. The number of para-hydroxylation sites is 1. The molecule has 0 aliphatic rings. The number of amides is 1. The molecule has 10 heteroatoms. The number of nitrogens with one attached hydrogen (secondary N) is 1. The van der Waals surface area contributed by atoms with Gasteiger partial charge >= 0.3 is 0 Å². The van der Waals surface area contributed by atoms with Crippen molar-refractivity contribution in [2.75, 3.05) is 11.1 Å². The van der Waals surface area contributed by atoms with Crippen LogP contribution in [0.25, 0.3) is 16.6 Å². The number of hydrogen-bond donors (Lipinski definition) is 1. The largest absolute Gasteiger partial charge is 0.320 e. The van der Waals surface area contributed by atoms with E-state index in [2.05, 4.69) is 10.3 Å². The Kier molecular flexibility index (Phi) is 6.67. The number of aromatic nitrogens is 2. The summed E-state index contributed by atoms with van der Waals surface area (Å²) >= 11 is 6.91. The van der Waals surface area contributed by atoms with Crippen LogP contribution in [0.3, 0.4) is 0 Å². The predicted octanol–water partition coefficient (Wildman–Crippen LogP) is 5.29. The van der Waals surface area contributed by atoms with Crippen molar-refractivity contribution in [1.29, 1.82) is 0 Å². The maximum atomic E-state index is 13.4. The standard InChI is InChI=1S/C24H19ClN4O4S/c1-14-6-5-9-20(15(14)2)28-23(31)17-7-3-4-8-18(17)27-24(28)34-13-22(30)26-19-11-10-16(25)12-21(19)29(32)33/h3-12H,13H2,1-2H3,(H,26,30). The first-order valence-electron chi connectivity index (χ1n) is 10.2. The van der Waals surface area contributed by atoms with E-state index in [9.17, 15) is 19.7 Å². The smallest absolute Gasteiger partial charge is 0.294 e. The SMILES string of the molecule is Cc1cccc(-n2c(SCC(=O)Nc3ccc(Cl)cc3[N+](=O)[O-])nc3ccccc3c2=O)c1C. The number of rotatable bonds is 6. The van der Waals surface area contributed by atoms with E-state index in [4.69, 9.17) is 11.6 Å². The van der Waals surface area contributed by atoms with Crippen molar-refractivity contribution >= 4 is 51.5 Å². The molecule has 0 spiro atoms. The van der Waals surface area contributed by atoms with Gasteiger partial charge in [-0.15, -0.1) is 0 Å². The van der Waals surface area contributed by atoms with Crippen LogP contribution in [-0.2, 0) is 4.79 Å². The highest BCUT2D eigenvalue weighted by atomic mass is 35.5. The number of aryl methyl sites for hydroxylation is 1. The minimum atomic E-state index is -0.613. The number of hydrogen-bond acceptors (Lipinski definition) is 6. The van der Waals surface area contributed by atoms with Crippen LogP contribution < -0.4 is 10.9 Å². The van der Waals surface area contributed by atoms with Gasteiger partial charge in [0.2, 0.25) is 5.91 Å². The molecule has 0 saturated heterocycles. The molecule has 0 aliphatic carbocycles. The molecule has 8 nitrogen and oxygen atoms in total. The Balaban J connectivity index is 1.70. The molecule has 1 N–H and O–H groups in total. The van der Waals surface area contributed by atoms with Gasteiger partial charge in [0.1, 0.15) is 5.69 Å². The third-order valence-electron chi connectivity index (χ3n) is 5.32. The third kappa shape index (κ3) is 4.66. The fourth-order valence-electron chi connectivity index (χ4n) is 3.48. The van der Waals surface area contributed by atoms with E-state index < -0.39 is 10.8 Å². The van der Waals surface area contributed by atoms with Crippen LogP contribution in [0, 0.1) is 24.0 Å².